The molecule has 0 heterocycles. The number of carbonyl (C=O) groups excluding carboxylic acids is 2. The van der Waals surface area contributed by atoms with Crippen molar-refractivity contribution in [3.63, 3.8) is 0 Å². The molecule has 11 heteroatoms. The van der Waals surface area contributed by atoms with Gasteiger partial charge in [0.1, 0.15) is 12.6 Å². The molecule has 1 N–H and O–H groups in total. The van der Waals surface area contributed by atoms with Gasteiger partial charge in [-0.05, 0) is 78.6 Å². The van der Waals surface area contributed by atoms with Crippen LogP contribution in [0.2, 0.25) is 15.1 Å². The largest absolute Gasteiger partial charge is 0.352 e. The summed E-state index contributed by atoms with van der Waals surface area (Å²) in [5.41, 5.74) is 1.81. The van der Waals surface area contributed by atoms with Crippen LogP contribution in [-0.2, 0) is 32.6 Å². The van der Waals surface area contributed by atoms with E-state index in [4.69, 9.17) is 34.8 Å². The Hall–Kier alpha value is -3.56. The zero-order chi connectivity index (χ0) is 33.4. The third kappa shape index (κ3) is 9.29. The van der Waals surface area contributed by atoms with Gasteiger partial charge in [-0.2, -0.15) is 0 Å². The fourth-order valence-corrected chi connectivity index (χ4v) is 7.62. The number of amides is 2. The van der Waals surface area contributed by atoms with E-state index >= 15 is 0 Å². The molecule has 0 aromatic heterocycles. The average molecular weight is 713 g/mol. The third-order valence-corrected chi connectivity index (χ3v) is 10.8. The van der Waals surface area contributed by atoms with Gasteiger partial charge in [0.15, 0.2) is 0 Å². The maximum atomic E-state index is 14.6. The molecule has 5 rings (SSSR count). The highest BCUT2D eigenvalue weighted by atomic mass is 35.5. The van der Waals surface area contributed by atoms with Crippen LogP contribution < -0.4 is 9.62 Å². The van der Waals surface area contributed by atoms with Gasteiger partial charge >= 0.3 is 0 Å². The standard InChI is InChI=1S/C36H36Cl3N3O4S/c37-28-16-14-27(15-17-28)24-41(34(22-26-8-3-1-4-9-26)36(44)40-31-11-5-2-6-12-31)35(43)25-42(32-13-7-10-30(39)23-32)47(45,46)33-20-18-29(38)19-21-33/h1,3-4,7-10,13-21,23,31,34H,2,5-6,11-12,22,24-25H2,(H,40,44). The van der Waals surface area contributed by atoms with Gasteiger partial charge in [0.2, 0.25) is 11.8 Å². The van der Waals surface area contributed by atoms with Crippen LogP contribution in [-0.4, -0.2) is 43.8 Å². The molecule has 4 aromatic rings. The van der Waals surface area contributed by atoms with E-state index in [0.717, 1.165) is 47.5 Å². The molecule has 0 bridgehead atoms. The van der Waals surface area contributed by atoms with E-state index in [1.165, 1.54) is 35.2 Å². The van der Waals surface area contributed by atoms with Gasteiger partial charge in [-0.3, -0.25) is 13.9 Å². The summed E-state index contributed by atoms with van der Waals surface area (Å²) in [5.74, 6) is -0.838. The van der Waals surface area contributed by atoms with Crippen molar-refractivity contribution in [2.45, 2.75) is 62.0 Å². The van der Waals surface area contributed by atoms with Crippen molar-refractivity contribution in [3.05, 3.63) is 129 Å². The molecule has 0 radical (unpaired) electrons. The quantitative estimate of drug-likeness (QED) is 0.162. The number of sulfonamides is 1. The topological polar surface area (TPSA) is 86.8 Å². The molecule has 0 spiro atoms. The molecular formula is C36H36Cl3N3O4S. The molecule has 0 saturated heterocycles. The molecule has 1 saturated carbocycles. The molecule has 7 nitrogen and oxygen atoms in total. The van der Waals surface area contributed by atoms with Crippen LogP contribution in [0.25, 0.3) is 0 Å². The van der Waals surface area contributed by atoms with Crippen LogP contribution in [0.3, 0.4) is 0 Å². The van der Waals surface area contributed by atoms with Gasteiger partial charge < -0.3 is 10.2 Å². The van der Waals surface area contributed by atoms with Crippen LogP contribution in [0.1, 0.15) is 43.2 Å². The number of nitrogens with one attached hydrogen (secondary N) is 1. The number of nitrogens with zero attached hydrogens (tertiary/aromatic N) is 2. The molecule has 0 aliphatic heterocycles. The summed E-state index contributed by atoms with van der Waals surface area (Å²) in [6, 6.07) is 27.6. The molecule has 1 aliphatic carbocycles. The van der Waals surface area contributed by atoms with Crippen molar-refractivity contribution in [1.82, 2.24) is 10.2 Å². The van der Waals surface area contributed by atoms with E-state index in [9.17, 15) is 18.0 Å². The predicted octanol–water partition coefficient (Wildman–Crippen LogP) is 7.93. The second-order valence-electron chi connectivity index (χ2n) is 11.6. The maximum Gasteiger partial charge on any atom is 0.264 e. The Morgan fingerprint density at radius 2 is 1.38 bits per heavy atom. The fraction of sp³-hybridized carbons (Fsp3) is 0.278. The first-order valence-corrected chi connectivity index (χ1v) is 18.1. The minimum atomic E-state index is -4.27. The fourth-order valence-electron chi connectivity index (χ4n) is 5.78. The normalized spacial score (nSPS) is 14.3. The lowest BCUT2D eigenvalue weighted by atomic mass is 9.94. The van der Waals surface area contributed by atoms with Crippen molar-refractivity contribution in [3.8, 4) is 0 Å². The Kier molecular flexibility index (Phi) is 11.9. The lowest BCUT2D eigenvalue weighted by Gasteiger charge is -2.35. The Bertz CT molecular complexity index is 1770. The highest BCUT2D eigenvalue weighted by Gasteiger charge is 2.35. The lowest BCUT2D eigenvalue weighted by molar-refractivity contribution is -0.140. The summed E-state index contributed by atoms with van der Waals surface area (Å²) >= 11 is 18.5. The van der Waals surface area contributed by atoms with Crippen LogP contribution in [0, 0.1) is 0 Å². The van der Waals surface area contributed by atoms with Crippen LogP contribution in [0.15, 0.2) is 108 Å². The van der Waals surface area contributed by atoms with Gasteiger partial charge in [0.05, 0.1) is 10.6 Å². The molecule has 1 aliphatic rings. The average Bonchev–Trinajstić information content (AvgIpc) is 3.07. The summed E-state index contributed by atoms with van der Waals surface area (Å²) in [7, 11) is -4.27. The number of hydrogen-bond acceptors (Lipinski definition) is 4. The Morgan fingerprint density at radius 3 is 2.02 bits per heavy atom. The zero-order valence-electron chi connectivity index (χ0n) is 25.7. The Morgan fingerprint density at radius 1 is 0.745 bits per heavy atom. The summed E-state index contributed by atoms with van der Waals surface area (Å²) in [5, 5.41) is 4.41. The second kappa shape index (κ2) is 16.0. The van der Waals surface area contributed by atoms with Gasteiger partial charge in [-0.25, -0.2) is 8.42 Å². The highest BCUT2D eigenvalue weighted by Crippen LogP contribution is 2.28. The predicted molar refractivity (Wildman–Crippen MR) is 188 cm³/mol. The van der Waals surface area contributed by atoms with Crippen molar-refractivity contribution in [2.24, 2.45) is 0 Å². The molecule has 2 amide bonds. The number of halogens is 3. The summed E-state index contributed by atoms with van der Waals surface area (Å²) < 4.78 is 29.3. The summed E-state index contributed by atoms with van der Waals surface area (Å²) in [6.07, 6.45) is 5.16. The number of anilines is 1. The van der Waals surface area contributed by atoms with Crippen LogP contribution in [0.5, 0.6) is 0 Å². The third-order valence-electron chi connectivity index (χ3n) is 8.27. The molecule has 246 valence electrons. The number of rotatable bonds is 12. The monoisotopic (exact) mass is 711 g/mol. The SMILES string of the molecule is O=C(NC1CCCCC1)C(Cc1ccccc1)N(Cc1ccc(Cl)cc1)C(=O)CN(c1cccc(Cl)c1)S(=O)(=O)c1ccc(Cl)cc1. The minimum Gasteiger partial charge on any atom is -0.352 e. The molecule has 4 aromatic carbocycles. The van der Waals surface area contributed by atoms with E-state index in [0.29, 0.717) is 15.1 Å². The van der Waals surface area contributed by atoms with E-state index in [2.05, 4.69) is 5.32 Å². The first-order valence-electron chi connectivity index (χ1n) is 15.5. The number of carbonyl (C=O) groups is 2. The number of hydrogen-bond donors (Lipinski definition) is 1. The Labute approximate surface area is 291 Å². The lowest BCUT2D eigenvalue weighted by Crippen LogP contribution is -2.55. The Balaban J connectivity index is 1.56. The van der Waals surface area contributed by atoms with Gasteiger partial charge in [-0.1, -0.05) is 103 Å². The number of benzene rings is 4. The van der Waals surface area contributed by atoms with Crippen molar-refractivity contribution in [1.29, 1.82) is 0 Å². The van der Waals surface area contributed by atoms with E-state index in [1.807, 2.05) is 30.3 Å². The zero-order valence-corrected chi connectivity index (χ0v) is 28.8. The molecule has 47 heavy (non-hydrogen) atoms. The minimum absolute atomic E-state index is 0.00949. The van der Waals surface area contributed by atoms with Gasteiger partial charge in [0.25, 0.3) is 10.0 Å². The maximum absolute atomic E-state index is 14.6. The molecular weight excluding hydrogens is 677 g/mol. The molecule has 1 fully saturated rings. The molecule has 1 unspecified atom stereocenters. The summed E-state index contributed by atoms with van der Waals surface area (Å²) in [4.78, 5) is 30.2. The van der Waals surface area contributed by atoms with Crippen molar-refractivity contribution in [2.75, 3.05) is 10.8 Å². The smallest absolute Gasteiger partial charge is 0.264 e. The second-order valence-corrected chi connectivity index (χ2v) is 14.8. The first-order chi connectivity index (χ1) is 22.6. The van der Waals surface area contributed by atoms with Crippen LogP contribution in [0.4, 0.5) is 5.69 Å². The highest BCUT2D eigenvalue weighted by molar-refractivity contribution is 7.92. The van der Waals surface area contributed by atoms with E-state index in [-0.39, 0.29) is 35.5 Å². The van der Waals surface area contributed by atoms with E-state index in [1.54, 1.807) is 42.5 Å². The van der Waals surface area contributed by atoms with Crippen LogP contribution >= 0.6 is 34.8 Å². The van der Waals surface area contributed by atoms with Crippen molar-refractivity contribution >= 4 is 62.3 Å². The first kappa shape index (κ1) is 34.8. The summed E-state index contributed by atoms with van der Waals surface area (Å²) in [6.45, 7) is -0.531. The van der Waals surface area contributed by atoms with Gasteiger partial charge in [0, 0.05) is 34.1 Å². The van der Waals surface area contributed by atoms with Crippen molar-refractivity contribution < 1.29 is 18.0 Å². The van der Waals surface area contributed by atoms with E-state index < -0.39 is 28.5 Å². The van der Waals surface area contributed by atoms with Gasteiger partial charge in [-0.15, -0.1) is 0 Å². The molecule has 1 atom stereocenters.